The van der Waals surface area contributed by atoms with Gasteiger partial charge >= 0.3 is 0 Å². The van der Waals surface area contributed by atoms with Crippen molar-refractivity contribution in [3.05, 3.63) is 54.6 Å². The number of aliphatic hydroxyl groups is 1. The Morgan fingerprint density at radius 2 is 1.55 bits per heavy atom. The minimum atomic E-state index is -0.126. The molecule has 0 bridgehead atoms. The molecule has 0 saturated heterocycles. The second-order valence-corrected chi connectivity index (χ2v) is 5.62. The van der Waals surface area contributed by atoms with Crippen LogP contribution in [0.4, 0.5) is 5.69 Å². The lowest BCUT2D eigenvalue weighted by Gasteiger charge is -2.22. The first-order chi connectivity index (χ1) is 9.59. The van der Waals surface area contributed by atoms with Crippen molar-refractivity contribution >= 4 is 5.69 Å². The maximum atomic E-state index is 9.22. The lowest BCUT2D eigenvalue weighted by molar-refractivity contribution is 0.171. The Bertz CT molecular complexity index is 520. The van der Waals surface area contributed by atoms with E-state index in [1.807, 2.05) is 68.4 Å². The third-order valence-electron chi connectivity index (χ3n) is 3.03. The molecule has 0 unspecified atom stereocenters. The predicted octanol–water partition coefficient (Wildman–Crippen LogP) is 3.91. The van der Waals surface area contributed by atoms with Gasteiger partial charge < -0.3 is 15.2 Å². The summed E-state index contributed by atoms with van der Waals surface area (Å²) in [5.74, 6) is 1.64. The summed E-state index contributed by atoms with van der Waals surface area (Å²) in [6.07, 6.45) is 0. The molecule has 2 N–H and O–H groups in total. The third kappa shape index (κ3) is 4.28. The van der Waals surface area contributed by atoms with Gasteiger partial charge in [0.25, 0.3) is 0 Å². The second-order valence-electron chi connectivity index (χ2n) is 5.62. The minimum absolute atomic E-state index is 0.126. The summed E-state index contributed by atoms with van der Waals surface area (Å²) in [6.45, 7) is 4.93. The summed E-state index contributed by atoms with van der Waals surface area (Å²) in [5.41, 5.74) is 0.895. The van der Waals surface area contributed by atoms with Crippen LogP contribution in [0.5, 0.6) is 11.5 Å². The molecule has 0 fully saturated rings. The summed E-state index contributed by atoms with van der Waals surface area (Å²) in [4.78, 5) is 0. The van der Waals surface area contributed by atoms with Crippen LogP contribution in [-0.2, 0) is 0 Å². The molecule has 0 atom stereocenters. The van der Waals surface area contributed by atoms with Gasteiger partial charge in [-0.2, -0.15) is 0 Å². The quantitative estimate of drug-likeness (QED) is 0.837. The molecule has 0 aromatic heterocycles. The average molecular weight is 271 g/mol. The molecule has 3 nitrogen and oxygen atoms in total. The lowest BCUT2D eigenvalue weighted by Crippen LogP contribution is -2.26. The smallest absolute Gasteiger partial charge is 0.127 e. The maximum Gasteiger partial charge on any atom is 0.127 e. The van der Waals surface area contributed by atoms with E-state index < -0.39 is 0 Å². The topological polar surface area (TPSA) is 41.5 Å². The summed E-state index contributed by atoms with van der Waals surface area (Å²) in [7, 11) is 0. The Kier molecular flexibility index (Phi) is 4.64. The van der Waals surface area contributed by atoms with E-state index in [0.29, 0.717) is 0 Å². The molecule has 0 spiro atoms. The van der Waals surface area contributed by atoms with Crippen LogP contribution >= 0.6 is 0 Å². The fourth-order valence-corrected chi connectivity index (χ4v) is 1.66. The van der Waals surface area contributed by atoms with Gasteiger partial charge in [-0.3, -0.25) is 0 Å². The van der Waals surface area contributed by atoms with Crippen LogP contribution in [0.2, 0.25) is 0 Å². The van der Waals surface area contributed by atoms with Gasteiger partial charge in [0, 0.05) is 24.3 Å². The molecule has 20 heavy (non-hydrogen) atoms. The molecule has 3 heteroatoms. The summed E-state index contributed by atoms with van der Waals surface area (Å²) in [5, 5.41) is 12.5. The van der Waals surface area contributed by atoms with E-state index >= 15 is 0 Å². The highest BCUT2D eigenvalue weighted by Gasteiger charge is 2.15. The molecule has 0 saturated carbocycles. The fraction of sp³-hybridized carbons (Fsp3) is 0.294. The van der Waals surface area contributed by atoms with Gasteiger partial charge in [-0.1, -0.05) is 32.0 Å². The molecule has 0 aliphatic rings. The van der Waals surface area contributed by atoms with Crippen LogP contribution in [0.25, 0.3) is 0 Å². The zero-order chi connectivity index (χ0) is 14.4. The van der Waals surface area contributed by atoms with Gasteiger partial charge in [-0.25, -0.2) is 0 Å². The zero-order valence-corrected chi connectivity index (χ0v) is 12.0. The normalized spacial score (nSPS) is 11.2. The molecular weight excluding hydrogens is 250 g/mol. The third-order valence-corrected chi connectivity index (χ3v) is 3.03. The standard InChI is InChI=1S/C17H21NO2/c1-17(2,13-19)12-18-14-8-10-16(11-9-14)20-15-6-4-3-5-7-15/h3-11,18-19H,12-13H2,1-2H3. The summed E-state index contributed by atoms with van der Waals surface area (Å²) >= 11 is 0. The highest BCUT2D eigenvalue weighted by molar-refractivity contribution is 5.47. The molecule has 2 aromatic carbocycles. The van der Waals surface area contributed by atoms with Crippen molar-refractivity contribution in [2.24, 2.45) is 5.41 Å². The van der Waals surface area contributed by atoms with E-state index in [1.165, 1.54) is 0 Å². The van der Waals surface area contributed by atoms with E-state index in [0.717, 1.165) is 23.7 Å². The van der Waals surface area contributed by atoms with E-state index in [1.54, 1.807) is 0 Å². The first-order valence-corrected chi connectivity index (χ1v) is 6.77. The molecule has 106 valence electrons. The van der Waals surface area contributed by atoms with Crippen molar-refractivity contribution in [2.45, 2.75) is 13.8 Å². The number of nitrogens with one attached hydrogen (secondary N) is 1. The van der Waals surface area contributed by atoms with Gasteiger partial charge in [0.15, 0.2) is 0 Å². The first kappa shape index (κ1) is 14.4. The number of para-hydroxylation sites is 1. The van der Waals surface area contributed by atoms with Crippen LogP contribution in [0, 0.1) is 5.41 Å². The molecule has 0 heterocycles. The highest BCUT2D eigenvalue weighted by Crippen LogP contribution is 2.23. The Labute approximate surface area is 120 Å². The molecule has 2 rings (SSSR count). The van der Waals surface area contributed by atoms with Gasteiger partial charge in [-0.15, -0.1) is 0 Å². The Morgan fingerprint density at radius 3 is 2.15 bits per heavy atom. The Balaban J connectivity index is 1.93. The zero-order valence-electron chi connectivity index (χ0n) is 12.0. The monoisotopic (exact) mass is 271 g/mol. The SMILES string of the molecule is CC(C)(CO)CNc1ccc(Oc2ccccc2)cc1. The summed E-state index contributed by atoms with van der Waals surface area (Å²) in [6, 6.07) is 17.5. The average Bonchev–Trinajstić information content (AvgIpc) is 2.48. The lowest BCUT2D eigenvalue weighted by atomic mass is 9.95. The van der Waals surface area contributed by atoms with Crippen molar-refractivity contribution < 1.29 is 9.84 Å². The fourth-order valence-electron chi connectivity index (χ4n) is 1.66. The van der Waals surface area contributed by atoms with Crippen LogP contribution in [0.1, 0.15) is 13.8 Å². The van der Waals surface area contributed by atoms with Crippen molar-refractivity contribution in [3.63, 3.8) is 0 Å². The molecule has 0 aliphatic carbocycles. The molecule has 0 amide bonds. The number of anilines is 1. The number of ether oxygens (including phenoxy) is 1. The van der Waals surface area contributed by atoms with Gasteiger partial charge in [0.05, 0.1) is 0 Å². The molecule has 2 aromatic rings. The van der Waals surface area contributed by atoms with Crippen molar-refractivity contribution in [2.75, 3.05) is 18.5 Å². The van der Waals surface area contributed by atoms with Gasteiger partial charge in [-0.05, 0) is 36.4 Å². The number of benzene rings is 2. The number of hydrogen-bond acceptors (Lipinski definition) is 3. The predicted molar refractivity (Wildman–Crippen MR) is 82.3 cm³/mol. The number of hydrogen-bond donors (Lipinski definition) is 2. The van der Waals surface area contributed by atoms with Crippen molar-refractivity contribution in [3.8, 4) is 11.5 Å². The van der Waals surface area contributed by atoms with E-state index in [2.05, 4.69) is 5.32 Å². The minimum Gasteiger partial charge on any atom is -0.457 e. The maximum absolute atomic E-state index is 9.22. The first-order valence-electron chi connectivity index (χ1n) is 6.77. The molecule has 0 aliphatic heterocycles. The Morgan fingerprint density at radius 1 is 0.950 bits per heavy atom. The highest BCUT2D eigenvalue weighted by atomic mass is 16.5. The van der Waals surface area contributed by atoms with Crippen LogP contribution in [0.15, 0.2) is 54.6 Å². The molecule has 0 radical (unpaired) electrons. The van der Waals surface area contributed by atoms with Gasteiger partial charge in [0.2, 0.25) is 0 Å². The van der Waals surface area contributed by atoms with Gasteiger partial charge in [0.1, 0.15) is 11.5 Å². The number of aliphatic hydroxyl groups excluding tert-OH is 1. The van der Waals surface area contributed by atoms with Crippen LogP contribution in [-0.4, -0.2) is 18.3 Å². The Hall–Kier alpha value is -2.00. The van der Waals surface area contributed by atoms with E-state index in [4.69, 9.17) is 4.74 Å². The second kappa shape index (κ2) is 6.44. The van der Waals surface area contributed by atoms with Crippen LogP contribution in [0.3, 0.4) is 0 Å². The van der Waals surface area contributed by atoms with Crippen molar-refractivity contribution in [1.82, 2.24) is 0 Å². The number of rotatable bonds is 6. The summed E-state index contributed by atoms with van der Waals surface area (Å²) < 4.78 is 5.73. The van der Waals surface area contributed by atoms with Crippen molar-refractivity contribution in [1.29, 1.82) is 0 Å². The van der Waals surface area contributed by atoms with E-state index in [-0.39, 0.29) is 12.0 Å². The largest absolute Gasteiger partial charge is 0.457 e. The molecular formula is C17H21NO2. The van der Waals surface area contributed by atoms with E-state index in [9.17, 15) is 5.11 Å². The van der Waals surface area contributed by atoms with Crippen LogP contribution < -0.4 is 10.1 Å².